The third kappa shape index (κ3) is 2.03. The smallest absolute Gasteiger partial charge is 0.196 e. The molecule has 0 atom stereocenters. The molecule has 0 bridgehead atoms. The lowest BCUT2D eigenvalue weighted by molar-refractivity contribution is -0.946. The van der Waals surface area contributed by atoms with Crippen molar-refractivity contribution in [3.63, 3.8) is 0 Å². The van der Waals surface area contributed by atoms with Crippen molar-refractivity contribution in [2.45, 2.75) is 0 Å². The standard InChI is InChI=1S/C9H27N3OP/c1-10(2,3)14(13,11(4,5)6)12(7,8)9/h1-9H3/q+3. The monoisotopic (exact) mass is 224 g/mol. The first-order chi connectivity index (χ1) is 5.75. The third-order valence-corrected chi connectivity index (χ3v) is 7.03. The largest absolute Gasteiger partial charge is 0.611 e. The van der Waals surface area contributed by atoms with Crippen LogP contribution in [-0.2, 0) is 4.57 Å². The molecular weight excluding hydrogens is 197 g/mol. The van der Waals surface area contributed by atoms with E-state index in [0.29, 0.717) is 12.8 Å². The summed E-state index contributed by atoms with van der Waals surface area (Å²) in [7, 11) is 15.6. The van der Waals surface area contributed by atoms with Gasteiger partial charge in [-0.25, -0.2) is 0 Å². The average molecular weight is 224 g/mol. The molecule has 0 fully saturated rings. The van der Waals surface area contributed by atoms with Crippen LogP contribution >= 0.6 is 7.59 Å². The second-order valence-electron chi connectivity index (χ2n) is 6.34. The van der Waals surface area contributed by atoms with E-state index in [2.05, 4.69) is 0 Å². The van der Waals surface area contributed by atoms with Gasteiger partial charge in [-0.15, -0.1) is 0 Å². The first kappa shape index (κ1) is 14.1. The van der Waals surface area contributed by atoms with E-state index < -0.39 is 7.59 Å². The maximum atomic E-state index is 13.2. The van der Waals surface area contributed by atoms with Crippen molar-refractivity contribution >= 4 is 7.59 Å². The molecule has 0 radical (unpaired) electrons. The van der Waals surface area contributed by atoms with Crippen molar-refractivity contribution in [2.24, 2.45) is 0 Å². The summed E-state index contributed by atoms with van der Waals surface area (Å²) in [6.07, 6.45) is 0. The number of hydrogen-bond acceptors (Lipinski definition) is 1. The zero-order valence-corrected chi connectivity index (χ0v) is 12.1. The van der Waals surface area contributed by atoms with Gasteiger partial charge >= 0.3 is 7.59 Å². The Kier molecular flexibility index (Phi) is 3.33. The Morgan fingerprint density at radius 1 is 0.571 bits per heavy atom. The van der Waals surface area contributed by atoms with Gasteiger partial charge in [-0.05, 0) is 0 Å². The second-order valence-corrected chi connectivity index (χ2v) is 11.0. The summed E-state index contributed by atoms with van der Waals surface area (Å²) in [5.41, 5.74) is 0. The van der Waals surface area contributed by atoms with Crippen LogP contribution in [0, 0.1) is 0 Å². The number of nitrogens with zero attached hydrogens (tertiary/aromatic N) is 3. The highest BCUT2D eigenvalue weighted by molar-refractivity contribution is 7.45. The van der Waals surface area contributed by atoms with E-state index >= 15 is 0 Å². The van der Waals surface area contributed by atoms with Crippen LogP contribution in [0.2, 0.25) is 0 Å². The van der Waals surface area contributed by atoms with Crippen LogP contribution in [0.5, 0.6) is 0 Å². The van der Waals surface area contributed by atoms with Crippen LogP contribution in [0.4, 0.5) is 0 Å². The molecule has 0 aromatic rings. The summed E-state index contributed by atoms with van der Waals surface area (Å²) in [6, 6.07) is 0. The summed E-state index contributed by atoms with van der Waals surface area (Å²) in [4.78, 5) is 0. The van der Waals surface area contributed by atoms with Gasteiger partial charge in [0.15, 0.2) is 0 Å². The van der Waals surface area contributed by atoms with Gasteiger partial charge in [0.05, 0.1) is 63.4 Å². The normalized spacial score (nSPS) is 15.8. The van der Waals surface area contributed by atoms with Crippen molar-refractivity contribution < 1.29 is 17.3 Å². The summed E-state index contributed by atoms with van der Waals surface area (Å²) in [5, 5.41) is 0. The lowest BCUT2D eigenvalue weighted by atomic mass is 11.0. The SMILES string of the molecule is C[N+](C)(C)P(=O)([N+](C)(C)C)[N+](C)(C)C. The van der Waals surface area contributed by atoms with Gasteiger partial charge in [-0.2, -0.15) is 17.3 Å². The quantitative estimate of drug-likeness (QED) is 0.659. The Morgan fingerprint density at radius 2 is 0.714 bits per heavy atom. The number of rotatable bonds is 3. The fourth-order valence-electron chi connectivity index (χ4n) is 2.41. The van der Waals surface area contributed by atoms with E-state index in [1.54, 1.807) is 0 Å². The summed E-state index contributed by atoms with van der Waals surface area (Å²) in [5.74, 6) is 0. The average Bonchev–Trinajstić information content (AvgIpc) is 1.77. The lowest BCUT2D eigenvalue weighted by Gasteiger charge is -2.44. The molecule has 14 heavy (non-hydrogen) atoms. The minimum atomic E-state index is -2.46. The fourth-order valence-corrected chi connectivity index (χ4v) is 7.24. The predicted octanol–water partition coefficient (Wildman–Crippen LogP) is 1.21. The molecule has 0 saturated heterocycles. The zero-order valence-electron chi connectivity index (χ0n) is 11.2. The lowest BCUT2D eigenvalue weighted by Crippen LogP contribution is -2.55. The summed E-state index contributed by atoms with van der Waals surface area (Å²) < 4.78 is 14.7. The molecule has 0 amide bonds. The van der Waals surface area contributed by atoms with Gasteiger partial charge in [0.25, 0.3) is 0 Å². The van der Waals surface area contributed by atoms with Gasteiger partial charge in [-0.1, -0.05) is 0 Å². The molecule has 0 N–H and O–H groups in total. The van der Waals surface area contributed by atoms with Gasteiger partial charge in [0.2, 0.25) is 0 Å². The van der Waals surface area contributed by atoms with Crippen molar-refractivity contribution in [1.29, 1.82) is 0 Å². The van der Waals surface area contributed by atoms with Crippen LogP contribution in [0.25, 0.3) is 0 Å². The van der Waals surface area contributed by atoms with Gasteiger partial charge in [0, 0.05) is 0 Å². The Labute approximate surface area is 89.0 Å². The molecule has 86 valence electrons. The topological polar surface area (TPSA) is 17.1 Å². The van der Waals surface area contributed by atoms with Crippen LogP contribution < -0.4 is 0 Å². The Morgan fingerprint density at radius 3 is 0.714 bits per heavy atom. The molecule has 0 spiro atoms. The van der Waals surface area contributed by atoms with E-state index in [4.69, 9.17) is 0 Å². The van der Waals surface area contributed by atoms with Gasteiger partial charge in [-0.3, -0.25) is 0 Å². The minimum Gasteiger partial charge on any atom is -0.196 e. The number of quaternary nitrogens is 3. The van der Waals surface area contributed by atoms with Crippen molar-refractivity contribution in [3.8, 4) is 0 Å². The molecular formula is C9H27N3OP+3. The van der Waals surface area contributed by atoms with Gasteiger partial charge in [0.1, 0.15) is 0 Å². The molecule has 0 saturated carbocycles. The Balaban J connectivity index is 5.69. The molecule has 0 unspecified atom stereocenters. The fraction of sp³-hybridized carbons (Fsp3) is 1.00. The molecule has 5 heteroatoms. The highest BCUT2D eigenvalue weighted by Crippen LogP contribution is 2.63. The molecule has 0 aliphatic heterocycles. The molecule has 0 aliphatic carbocycles. The molecule has 0 aromatic heterocycles. The Hall–Kier alpha value is 0.110. The third-order valence-electron chi connectivity index (χ3n) is 2.34. The van der Waals surface area contributed by atoms with E-state index in [0.717, 1.165) is 0 Å². The van der Waals surface area contributed by atoms with Crippen LogP contribution in [0.3, 0.4) is 0 Å². The van der Waals surface area contributed by atoms with E-state index in [-0.39, 0.29) is 0 Å². The zero-order chi connectivity index (χ0) is 12.0. The van der Waals surface area contributed by atoms with Crippen molar-refractivity contribution in [3.05, 3.63) is 0 Å². The Bertz CT molecular complexity index is 212. The van der Waals surface area contributed by atoms with Crippen molar-refractivity contribution in [2.75, 3.05) is 63.4 Å². The minimum absolute atomic E-state index is 0.500. The number of hydrogen-bond donors (Lipinski definition) is 0. The maximum Gasteiger partial charge on any atom is 0.611 e. The molecule has 0 aliphatic rings. The first-order valence-electron chi connectivity index (χ1n) is 4.81. The molecule has 0 rings (SSSR count). The van der Waals surface area contributed by atoms with E-state index in [1.165, 1.54) is 0 Å². The summed E-state index contributed by atoms with van der Waals surface area (Å²) in [6.45, 7) is 0. The van der Waals surface area contributed by atoms with E-state index in [1.807, 2.05) is 63.4 Å². The second kappa shape index (κ2) is 3.31. The predicted molar refractivity (Wildman–Crippen MR) is 61.7 cm³/mol. The highest BCUT2D eigenvalue weighted by atomic mass is 31.2. The van der Waals surface area contributed by atoms with Crippen LogP contribution in [0.1, 0.15) is 0 Å². The molecule has 0 aromatic carbocycles. The molecule has 0 heterocycles. The van der Waals surface area contributed by atoms with Gasteiger partial charge < -0.3 is 0 Å². The van der Waals surface area contributed by atoms with Crippen molar-refractivity contribution in [1.82, 2.24) is 0 Å². The highest BCUT2D eigenvalue weighted by Gasteiger charge is 2.63. The first-order valence-corrected chi connectivity index (χ1v) is 6.37. The van der Waals surface area contributed by atoms with E-state index in [9.17, 15) is 4.57 Å². The summed E-state index contributed by atoms with van der Waals surface area (Å²) >= 11 is 0. The van der Waals surface area contributed by atoms with Crippen LogP contribution in [0.15, 0.2) is 0 Å². The van der Waals surface area contributed by atoms with Crippen LogP contribution in [-0.4, -0.2) is 76.2 Å². The maximum absolute atomic E-state index is 13.2. The molecule has 4 nitrogen and oxygen atoms in total.